The highest BCUT2D eigenvalue weighted by Gasteiger charge is 2.28. The van der Waals surface area contributed by atoms with E-state index in [1.54, 1.807) is 6.92 Å². The molecule has 0 aliphatic heterocycles. The van der Waals surface area contributed by atoms with Gasteiger partial charge in [-0.1, -0.05) is 12.0 Å². The summed E-state index contributed by atoms with van der Waals surface area (Å²) in [6, 6.07) is 9.18. The number of carbonyl (C=O) groups excluding carboxylic acids is 1. The van der Waals surface area contributed by atoms with Crippen LogP contribution in [-0.2, 0) is 10.0 Å². The zero-order valence-electron chi connectivity index (χ0n) is 17.9. The van der Waals surface area contributed by atoms with Crippen LogP contribution in [0.2, 0.25) is 0 Å². The number of azide groups is 1. The summed E-state index contributed by atoms with van der Waals surface area (Å²) >= 11 is 0. The van der Waals surface area contributed by atoms with E-state index < -0.39 is 34.3 Å². The Hall–Kier alpha value is -4.07. The average Bonchev–Trinajstić information content (AvgIpc) is 3.14. The van der Waals surface area contributed by atoms with Crippen LogP contribution < -0.4 is 9.62 Å². The lowest BCUT2D eigenvalue weighted by molar-refractivity contribution is 0.0964. The number of nitrogens with one attached hydrogen (secondary N) is 1. The number of hydrogen-bond acceptors (Lipinski definition) is 6. The first-order chi connectivity index (χ1) is 15.6. The second-order valence-electron chi connectivity index (χ2n) is 7.11. The number of sulfonamides is 1. The molecule has 0 radical (unpaired) electrons. The van der Waals surface area contributed by atoms with Crippen molar-refractivity contribution >= 4 is 32.6 Å². The van der Waals surface area contributed by atoms with E-state index in [0.29, 0.717) is 10.9 Å². The fraction of sp³-hybridized carbons (Fsp3) is 0.238. The first kappa shape index (κ1) is 23.6. The number of hydrogen-bond donors (Lipinski definition) is 1. The zero-order valence-corrected chi connectivity index (χ0v) is 18.7. The molecular formula is C21H19FN6O4S. The van der Waals surface area contributed by atoms with Crippen LogP contribution >= 0.6 is 0 Å². The number of halogens is 1. The molecule has 1 unspecified atom stereocenters. The molecule has 0 bridgehead atoms. The molecule has 3 rings (SSSR count). The maximum Gasteiger partial charge on any atom is 0.255 e. The minimum Gasteiger partial charge on any atom is -0.455 e. The van der Waals surface area contributed by atoms with Gasteiger partial charge in [0, 0.05) is 29.0 Å². The molecule has 10 nitrogen and oxygen atoms in total. The van der Waals surface area contributed by atoms with Crippen LogP contribution in [0.1, 0.15) is 28.9 Å². The van der Waals surface area contributed by atoms with Gasteiger partial charge in [0.15, 0.2) is 0 Å². The van der Waals surface area contributed by atoms with E-state index in [0.717, 1.165) is 10.6 Å². The molecule has 170 valence electrons. The van der Waals surface area contributed by atoms with Crippen LogP contribution in [0.3, 0.4) is 0 Å². The molecule has 0 spiro atoms. The Labute approximate surface area is 188 Å². The number of amides is 1. The lowest BCUT2D eigenvalue weighted by atomic mass is 9.99. The van der Waals surface area contributed by atoms with Gasteiger partial charge in [0.05, 0.1) is 29.6 Å². The minimum atomic E-state index is -3.89. The van der Waals surface area contributed by atoms with E-state index >= 15 is 0 Å². The number of rotatable bonds is 7. The molecule has 33 heavy (non-hydrogen) atoms. The molecule has 2 aromatic carbocycles. The summed E-state index contributed by atoms with van der Waals surface area (Å²) < 4.78 is 45.1. The van der Waals surface area contributed by atoms with E-state index in [1.807, 2.05) is 6.07 Å². The molecule has 1 aromatic heterocycles. The van der Waals surface area contributed by atoms with Crippen LogP contribution in [0.15, 0.2) is 45.9 Å². The summed E-state index contributed by atoms with van der Waals surface area (Å²) in [4.78, 5) is 15.5. The quantitative estimate of drug-likeness (QED) is 0.237. The predicted octanol–water partition coefficient (Wildman–Crippen LogP) is 4.26. The van der Waals surface area contributed by atoms with Gasteiger partial charge in [-0.25, -0.2) is 12.8 Å². The molecule has 1 heterocycles. The molecule has 0 saturated heterocycles. The predicted molar refractivity (Wildman–Crippen MR) is 120 cm³/mol. The third kappa shape index (κ3) is 4.59. The molecule has 1 atom stereocenters. The number of carbonyl (C=O) groups is 1. The van der Waals surface area contributed by atoms with Gasteiger partial charge in [-0.15, -0.1) is 0 Å². The largest absolute Gasteiger partial charge is 0.455 e. The number of anilines is 1. The summed E-state index contributed by atoms with van der Waals surface area (Å²) in [5.41, 5.74) is 10.0. The Morgan fingerprint density at radius 2 is 2.03 bits per heavy atom. The van der Waals surface area contributed by atoms with Crippen molar-refractivity contribution in [1.29, 1.82) is 5.26 Å². The molecular weight excluding hydrogens is 451 g/mol. The molecule has 0 aliphatic carbocycles. The fourth-order valence-electron chi connectivity index (χ4n) is 3.44. The minimum absolute atomic E-state index is 0.0781. The lowest BCUT2D eigenvalue weighted by Gasteiger charge is -2.23. The van der Waals surface area contributed by atoms with Crippen molar-refractivity contribution in [3.05, 3.63) is 63.8 Å². The Morgan fingerprint density at radius 1 is 1.36 bits per heavy atom. The van der Waals surface area contributed by atoms with Gasteiger partial charge >= 0.3 is 0 Å². The van der Waals surface area contributed by atoms with Crippen LogP contribution in [0.4, 0.5) is 10.1 Å². The van der Waals surface area contributed by atoms with Crippen LogP contribution in [0, 0.1) is 17.1 Å². The smallest absolute Gasteiger partial charge is 0.255 e. The fourth-order valence-corrected chi connectivity index (χ4v) is 4.25. The second kappa shape index (κ2) is 9.20. The Morgan fingerprint density at radius 3 is 2.58 bits per heavy atom. The SMILES string of the molecule is CNC(=O)c1c(-c2ccc(F)cc2)oc2cc(N(CC#N)S(C)(=O)=O)c(C(C)N=[N+]=[N-])cc12. The van der Waals surface area contributed by atoms with Crippen LogP contribution in [0.25, 0.3) is 32.7 Å². The monoisotopic (exact) mass is 470 g/mol. The average molecular weight is 470 g/mol. The molecule has 0 fully saturated rings. The third-order valence-electron chi connectivity index (χ3n) is 4.96. The highest BCUT2D eigenvalue weighted by Crippen LogP contribution is 2.40. The van der Waals surface area contributed by atoms with Crippen LogP contribution in [0.5, 0.6) is 0 Å². The zero-order chi connectivity index (χ0) is 24.3. The van der Waals surface area contributed by atoms with Crippen molar-refractivity contribution < 1.29 is 22.0 Å². The first-order valence-electron chi connectivity index (χ1n) is 9.59. The highest BCUT2D eigenvalue weighted by molar-refractivity contribution is 7.92. The number of nitrogens with zero attached hydrogens (tertiary/aromatic N) is 5. The summed E-state index contributed by atoms with van der Waals surface area (Å²) in [5.74, 6) is -0.806. The van der Waals surface area contributed by atoms with Crippen molar-refractivity contribution in [3.63, 3.8) is 0 Å². The van der Waals surface area contributed by atoms with Crippen molar-refractivity contribution in [2.75, 3.05) is 24.2 Å². The summed E-state index contributed by atoms with van der Waals surface area (Å²) in [6.07, 6.45) is 0.943. The number of furan rings is 1. The lowest BCUT2D eigenvalue weighted by Crippen LogP contribution is -2.31. The summed E-state index contributed by atoms with van der Waals surface area (Å²) in [7, 11) is -2.45. The van der Waals surface area contributed by atoms with Gasteiger partial charge in [0.1, 0.15) is 23.7 Å². The van der Waals surface area contributed by atoms with Crippen molar-refractivity contribution in [2.24, 2.45) is 5.11 Å². The first-order valence-corrected chi connectivity index (χ1v) is 11.4. The normalized spacial score (nSPS) is 12.0. The maximum atomic E-state index is 13.4. The molecule has 3 aromatic rings. The van der Waals surface area contributed by atoms with Gasteiger partial charge in [-0.2, -0.15) is 5.26 Å². The Balaban J connectivity index is 2.43. The molecule has 1 amide bonds. The van der Waals surface area contributed by atoms with E-state index in [4.69, 9.17) is 9.95 Å². The van der Waals surface area contributed by atoms with Gasteiger partial charge in [-0.05, 0) is 41.4 Å². The number of nitriles is 1. The van der Waals surface area contributed by atoms with Crippen molar-refractivity contribution in [1.82, 2.24) is 5.32 Å². The number of benzene rings is 2. The Kier molecular flexibility index (Phi) is 6.57. The van der Waals surface area contributed by atoms with Crippen LogP contribution in [-0.4, -0.2) is 34.2 Å². The molecule has 1 N–H and O–H groups in total. The van der Waals surface area contributed by atoms with Gasteiger partial charge in [0.25, 0.3) is 5.91 Å². The topological polar surface area (TPSA) is 152 Å². The maximum absolute atomic E-state index is 13.4. The van der Waals surface area contributed by atoms with Gasteiger partial charge < -0.3 is 9.73 Å². The highest BCUT2D eigenvalue weighted by atomic mass is 32.2. The van der Waals surface area contributed by atoms with Crippen molar-refractivity contribution in [3.8, 4) is 17.4 Å². The van der Waals surface area contributed by atoms with E-state index in [-0.39, 0.29) is 28.2 Å². The van der Waals surface area contributed by atoms with Gasteiger partial charge in [0.2, 0.25) is 10.0 Å². The van der Waals surface area contributed by atoms with Crippen molar-refractivity contribution in [2.45, 2.75) is 13.0 Å². The molecule has 12 heteroatoms. The summed E-state index contributed by atoms with van der Waals surface area (Å²) in [6.45, 7) is 1.06. The standard InChI is InChI=1S/C21H19FN6O4S/c1-12(26-27-24)15-10-16-18(11-17(15)28(9-8-23)33(3,30)31)32-20(19(16)21(29)25-2)13-4-6-14(22)7-5-13/h4-7,10-12H,9H2,1-3H3,(H,25,29). The van der Waals surface area contributed by atoms with E-state index in [2.05, 4.69) is 15.3 Å². The Bertz CT molecular complexity index is 1420. The van der Waals surface area contributed by atoms with E-state index in [1.165, 1.54) is 43.4 Å². The molecule has 0 aliphatic rings. The van der Waals surface area contributed by atoms with Gasteiger partial charge in [-0.3, -0.25) is 9.10 Å². The second-order valence-corrected chi connectivity index (χ2v) is 9.01. The number of fused-ring (bicyclic) bond motifs is 1. The molecule has 0 saturated carbocycles. The third-order valence-corrected chi connectivity index (χ3v) is 6.08. The van der Waals surface area contributed by atoms with E-state index in [9.17, 15) is 22.9 Å². The summed E-state index contributed by atoms with van der Waals surface area (Å²) in [5, 5.41) is 15.7.